The van der Waals surface area contributed by atoms with E-state index in [0.29, 0.717) is 6.42 Å². The Morgan fingerprint density at radius 2 is 1.76 bits per heavy atom. The van der Waals surface area contributed by atoms with Gasteiger partial charge < -0.3 is 36.8 Å². The number of amides is 3. The van der Waals surface area contributed by atoms with Gasteiger partial charge >= 0.3 is 6.09 Å². The van der Waals surface area contributed by atoms with Crippen LogP contribution in [0.15, 0.2) is 35.4 Å². The summed E-state index contributed by atoms with van der Waals surface area (Å²) in [6.45, 7) is 6.86. The third kappa shape index (κ3) is 13.7. The number of carbonyl (C=O) groups is 3. The third-order valence-electron chi connectivity index (χ3n) is 4.85. The van der Waals surface area contributed by atoms with Crippen molar-refractivity contribution in [3.8, 4) is 0 Å². The average Bonchev–Trinajstić information content (AvgIpc) is 2.79. The highest BCUT2D eigenvalue weighted by Crippen LogP contribution is 2.08. The summed E-state index contributed by atoms with van der Waals surface area (Å²) in [5.41, 5.74) is 5.62. The molecule has 206 valence electrons. The van der Waals surface area contributed by atoms with E-state index in [1.54, 1.807) is 20.8 Å². The standard InChI is InChI=1S/C23H37N7O7/c1-15(27-22(34)37-23(2,3)4)19(32)28-17(11-8-13-26-21(24)29-30(35)36)18(31)20(33)25-14-12-16-9-6-5-7-10-16/h5-7,9-10,15,17-18,31H,8,11-14H2,1-4H3,(H,25,33)(H,27,34)(H,28,32)(H3,24,26,29)/t15-,17?,18?/m0/s1. The summed E-state index contributed by atoms with van der Waals surface area (Å²) in [7, 11) is 0. The molecule has 1 aromatic rings. The topological polar surface area (TPSA) is 210 Å². The Balaban J connectivity index is 2.75. The first-order valence-electron chi connectivity index (χ1n) is 11.8. The van der Waals surface area contributed by atoms with Crippen LogP contribution in [0.2, 0.25) is 0 Å². The van der Waals surface area contributed by atoms with Crippen molar-refractivity contribution in [2.75, 3.05) is 13.1 Å². The minimum absolute atomic E-state index is 0.108. The van der Waals surface area contributed by atoms with Crippen LogP contribution in [-0.2, 0) is 20.7 Å². The van der Waals surface area contributed by atoms with Gasteiger partial charge in [0.15, 0.2) is 11.1 Å². The molecule has 3 atom stereocenters. The molecule has 0 saturated carbocycles. The summed E-state index contributed by atoms with van der Waals surface area (Å²) in [6.07, 6.45) is -1.47. The van der Waals surface area contributed by atoms with Gasteiger partial charge in [0.25, 0.3) is 11.9 Å². The smallest absolute Gasteiger partial charge is 0.408 e. The van der Waals surface area contributed by atoms with Gasteiger partial charge in [0, 0.05) is 13.1 Å². The van der Waals surface area contributed by atoms with Crippen molar-refractivity contribution in [1.29, 1.82) is 0 Å². The molecule has 0 heterocycles. The summed E-state index contributed by atoms with van der Waals surface area (Å²) < 4.78 is 5.14. The van der Waals surface area contributed by atoms with E-state index in [4.69, 9.17) is 10.5 Å². The molecule has 7 N–H and O–H groups in total. The monoisotopic (exact) mass is 523 g/mol. The first-order chi connectivity index (χ1) is 17.3. The molecule has 0 bridgehead atoms. The van der Waals surface area contributed by atoms with Crippen LogP contribution in [0.25, 0.3) is 0 Å². The van der Waals surface area contributed by atoms with Crippen LogP contribution in [-0.4, -0.2) is 70.9 Å². The number of hydrogen-bond donors (Lipinski definition) is 6. The Labute approximate surface area is 215 Å². The summed E-state index contributed by atoms with van der Waals surface area (Å²) in [4.78, 5) is 47.6. The van der Waals surface area contributed by atoms with Crippen molar-refractivity contribution >= 4 is 23.9 Å². The molecule has 0 aliphatic carbocycles. The van der Waals surface area contributed by atoms with Gasteiger partial charge in [-0.15, -0.1) is 0 Å². The van der Waals surface area contributed by atoms with E-state index < -0.39 is 52.7 Å². The molecule has 14 heteroatoms. The number of nitro groups is 1. The van der Waals surface area contributed by atoms with Crippen LogP contribution in [0, 0.1) is 10.1 Å². The Bertz CT molecular complexity index is 935. The lowest BCUT2D eigenvalue weighted by atomic mass is 10.0. The largest absolute Gasteiger partial charge is 0.444 e. The molecule has 3 amide bonds. The summed E-state index contributed by atoms with van der Waals surface area (Å²) >= 11 is 0. The highest BCUT2D eigenvalue weighted by atomic mass is 16.7. The first-order valence-corrected chi connectivity index (χ1v) is 11.8. The number of nitrogens with zero attached hydrogens (tertiary/aromatic N) is 2. The molecular formula is C23H37N7O7. The number of benzene rings is 1. The van der Waals surface area contributed by atoms with E-state index in [0.717, 1.165) is 5.56 Å². The van der Waals surface area contributed by atoms with E-state index in [1.807, 2.05) is 30.3 Å². The predicted octanol–water partition coefficient (Wildman–Crippen LogP) is -0.0196. The molecule has 14 nitrogen and oxygen atoms in total. The second-order valence-electron chi connectivity index (χ2n) is 9.25. The van der Waals surface area contributed by atoms with Crippen molar-refractivity contribution in [3.05, 3.63) is 46.0 Å². The van der Waals surface area contributed by atoms with Gasteiger partial charge in [-0.3, -0.25) is 9.59 Å². The van der Waals surface area contributed by atoms with E-state index in [9.17, 15) is 29.6 Å². The van der Waals surface area contributed by atoms with Crippen molar-refractivity contribution in [1.82, 2.24) is 21.3 Å². The second kappa shape index (κ2) is 15.2. The lowest BCUT2D eigenvalue weighted by Gasteiger charge is -2.26. The van der Waals surface area contributed by atoms with E-state index in [1.165, 1.54) is 6.92 Å². The Hall–Kier alpha value is -3.94. The maximum Gasteiger partial charge on any atom is 0.408 e. The fourth-order valence-corrected chi connectivity index (χ4v) is 3.09. The average molecular weight is 524 g/mol. The number of ether oxygens (including phenoxy) is 1. The highest BCUT2D eigenvalue weighted by Gasteiger charge is 2.29. The van der Waals surface area contributed by atoms with E-state index in [-0.39, 0.29) is 25.9 Å². The minimum Gasteiger partial charge on any atom is -0.444 e. The lowest BCUT2D eigenvalue weighted by molar-refractivity contribution is -0.485. The number of nitrogens with one attached hydrogen (secondary N) is 4. The molecule has 2 unspecified atom stereocenters. The summed E-state index contributed by atoms with van der Waals surface area (Å²) in [6, 6.07) is 7.40. The number of aliphatic hydroxyl groups excluding tert-OH is 1. The molecule has 0 fully saturated rings. The van der Waals surface area contributed by atoms with Crippen LogP contribution in [0.5, 0.6) is 0 Å². The maximum atomic E-state index is 12.7. The first kappa shape index (κ1) is 31.1. The highest BCUT2D eigenvalue weighted by molar-refractivity contribution is 5.87. The van der Waals surface area contributed by atoms with Gasteiger partial charge in [-0.1, -0.05) is 30.3 Å². The van der Waals surface area contributed by atoms with Gasteiger partial charge in [-0.05, 0) is 52.5 Å². The molecule has 0 saturated heterocycles. The van der Waals surface area contributed by atoms with Gasteiger partial charge in [0.1, 0.15) is 16.7 Å². The number of hydrazone groups is 1. The number of nitrogens with two attached hydrogens (primary N) is 1. The molecule has 0 aliphatic rings. The predicted molar refractivity (Wildman–Crippen MR) is 136 cm³/mol. The second-order valence-corrected chi connectivity index (χ2v) is 9.25. The summed E-state index contributed by atoms with van der Waals surface area (Å²) in [5.74, 6) is -1.73. The minimum atomic E-state index is -1.60. The fourth-order valence-electron chi connectivity index (χ4n) is 3.09. The molecular weight excluding hydrogens is 486 g/mol. The van der Waals surface area contributed by atoms with Crippen LogP contribution in [0.3, 0.4) is 0 Å². The number of aliphatic hydroxyl groups is 1. The Kier molecular flexibility index (Phi) is 12.8. The zero-order chi connectivity index (χ0) is 28.0. The zero-order valence-corrected chi connectivity index (χ0v) is 21.5. The molecule has 0 aromatic heterocycles. The number of guanidine groups is 1. The summed E-state index contributed by atoms with van der Waals surface area (Å²) in [5, 5.41) is 33.1. The maximum absolute atomic E-state index is 12.7. The van der Waals surface area contributed by atoms with Crippen LogP contribution < -0.4 is 27.0 Å². The van der Waals surface area contributed by atoms with Gasteiger partial charge in [0.2, 0.25) is 5.91 Å². The van der Waals surface area contributed by atoms with E-state index in [2.05, 4.69) is 26.4 Å². The quantitative estimate of drug-likeness (QED) is 0.0673. The molecule has 0 aliphatic heterocycles. The molecule has 37 heavy (non-hydrogen) atoms. The normalized spacial score (nSPS) is 14.0. The Morgan fingerprint density at radius 3 is 2.35 bits per heavy atom. The van der Waals surface area contributed by atoms with Gasteiger partial charge in [-0.25, -0.2) is 14.9 Å². The number of carbonyl (C=O) groups excluding carboxylic acids is 3. The van der Waals surface area contributed by atoms with Gasteiger partial charge in [0.05, 0.1) is 6.04 Å². The van der Waals surface area contributed by atoms with Crippen LogP contribution >= 0.6 is 0 Å². The Morgan fingerprint density at radius 1 is 1.11 bits per heavy atom. The van der Waals surface area contributed by atoms with Crippen molar-refractivity contribution in [2.24, 2.45) is 10.8 Å². The third-order valence-corrected chi connectivity index (χ3v) is 4.85. The van der Waals surface area contributed by atoms with E-state index >= 15 is 0 Å². The number of hydrogen-bond acceptors (Lipinski definition) is 7. The molecule has 0 spiro atoms. The fraction of sp³-hybridized carbons (Fsp3) is 0.565. The molecule has 1 aromatic carbocycles. The van der Waals surface area contributed by atoms with Gasteiger partial charge in [-0.2, -0.15) is 0 Å². The number of rotatable bonds is 13. The molecule has 1 rings (SSSR count). The zero-order valence-electron chi connectivity index (χ0n) is 21.5. The SMILES string of the molecule is C[C@H](NC(=O)OC(C)(C)C)C(=O)NC(CCCN/C(N)=N/[N+](=O)[O-])C(O)C(=O)NCCc1ccccc1. The lowest BCUT2D eigenvalue weighted by Crippen LogP contribution is -2.55. The number of alkyl carbamates (subject to hydrolysis) is 1. The van der Waals surface area contributed by atoms with Crippen molar-refractivity contribution in [3.63, 3.8) is 0 Å². The van der Waals surface area contributed by atoms with Crippen molar-refractivity contribution < 1.29 is 29.3 Å². The van der Waals surface area contributed by atoms with Crippen LogP contribution in [0.1, 0.15) is 46.1 Å². The van der Waals surface area contributed by atoms with Crippen LogP contribution in [0.4, 0.5) is 4.79 Å². The van der Waals surface area contributed by atoms with Crippen molar-refractivity contribution in [2.45, 2.75) is 70.7 Å². The molecule has 0 radical (unpaired) electrons.